The fourth-order valence-corrected chi connectivity index (χ4v) is 9.48. The zero-order valence-electron chi connectivity index (χ0n) is 46.9. The Morgan fingerprint density at radius 2 is 0.639 bits per heavy atom. The van der Waals surface area contributed by atoms with Crippen molar-refractivity contribution in [2.75, 3.05) is 26.4 Å². The molecule has 0 fully saturated rings. The van der Waals surface area contributed by atoms with E-state index in [1.807, 2.05) is 0 Å². The summed E-state index contributed by atoms with van der Waals surface area (Å²) in [7, 11) is -4.74. The van der Waals surface area contributed by atoms with Crippen LogP contribution in [0.4, 0.5) is 0 Å². The Labute approximate surface area is 442 Å². The van der Waals surface area contributed by atoms with E-state index in [1.165, 1.54) is 167 Å². The molecule has 0 aliphatic carbocycles. The van der Waals surface area contributed by atoms with Crippen LogP contribution in [0.2, 0.25) is 0 Å². The molecule has 72 heavy (non-hydrogen) atoms. The number of aliphatic hydroxyl groups is 1. The number of carbonyl (C=O) groups excluding carboxylic acids is 3. The number of phosphoric acid groups is 1. The van der Waals surface area contributed by atoms with Gasteiger partial charge < -0.3 is 24.2 Å². The van der Waals surface area contributed by atoms with Crippen molar-refractivity contribution < 1.29 is 52.2 Å². The number of rotatable bonds is 57. The number of esters is 3. The van der Waals surface area contributed by atoms with Gasteiger partial charge in [-0.1, -0.05) is 238 Å². The van der Waals surface area contributed by atoms with Crippen molar-refractivity contribution >= 4 is 25.7 Å². The second-order valence-electron chi connectivity index (χ2n) is 20.5. The monoisotopic (exact) mass is 1040 g/mol. The average Bonchev–Trinajstić information content (AvgIpc) is 3.37. The minimum Gasteiger partial charge on any atom is -0.462 e. The second-order valence-corrected chi connectivity index (χ2v) is 22.0. The third-order valence-electron chi connectivity index (χ3n) is 13.3. The molecule has 11 nitrogen and oxygen atoms in total. The zero-order valence-corrected chi connectivity index (χ0v) is 47.8. The largest absolute Gasteiger partial charge is 0.472 e. The van der Waals surface area contributed by atoms with Gasteiger partial charge in [-0.3, -0.25) is 23.4 Å². The van der Waals surface area contributed by atoms with Crippen molar-refractivity contribution in [3.8, 4) is 0 Å². The molecule has 424 valence electrons. The van der Waals surface area contributed by atoms with Crippen molar-refractivity contribution in [3.05, 3.63) is 24.3 Å². The molecule has 2 N–H and O–H groups in total. The van der Waals surface area contributed by atoms with E-state index in [0.717, 1.165) is 77.0 Å². The lowest BCUT2D eigenvalue weighted by Gasteiger charge is -2.21. The summed E-state index contributed by atoms with van der Waals surface area (Å²) in [4.78, 5) is 48.5. The van der Waals surface area contributed by atoms with Crippen LogP contribution in [0.15, 0.2) is 24.3 Å². The van der Waals surface area contributed by atoms with Crippen molar-refractivity contribution in [2.24, 2.45) is 0 Å². The first-order valence-electron chi connectivity index (χ1n) is 30.2. The van der Waals surface area contributed by atoms with Crippen molar-refractivity contribution in [1.82, 2.24) is 0 Å². The molecule has 0 aromatic rings. The van der Waals surface area contributed by atoms with E-state index in [0.29, 0.717) is 19.3 Å². The molecule has 0 saturated carbocycles. The summed E-state index contributed by atoms with van der Waals surface area (Å²) in [6.07, 6.45) is 55.6. The Hall–Kier alpha value is -2.04. The normalized spacial score (nSPS) is 13.5. The summed E-state index contributed by atoms with van der Waals surface area (Å²) in [6, 6.07) is 0. The summed E-state index contributed by atoms with van der Waals surface area (Å²) in [5.41, 5.74) is 0. The number of ether oxygens (including phenoxy) is 3. The van der Waals surface area contributed by atoms with Crippen molar-refractivity contribution in [3.63, 3.8) is 0 Å². The molecule has 0 spiro atoms. The lowest BCUT2D eigenvalue weighted by Crippen LogP contribution is -2.30. The molecule has 0 aliphatic heterocycles. The highest BCUT2D eigenvalue weighted by atomic mass is 31.2. The first kappa shape index (κ1) is 70.0. The van der Waals surface area contributed by atoms with Crippen LogP contribution in [0.1, 0.15) is 303 Å². The predicted octanol–water partition coefficient (Wildman–Crippen LogP) is 17.8. The van der Waals surface area contributed by atoms with Gasteiger partial charge in [0.05, 0.1) is 19.8 Å². The Kier molecular flexibility index (Phi) is 53.6. The Morgan fingerprint density at radius 1 is 0.375 bits per heavy atom. The number of allylic oxidation sites excluding steroid dienone is 4. The van der Waals surface area contributed by atoms with Crippen LogP contribution in [-0.2, 0) is 42.2 Å². The average molecular weight is 1040 g/mol. The summed E-state index contributed by atoms with van der Waals surface area (Å²) >= 11 is 0. The maximum atomic E-state index is 12.9. The second kappa shape index (κ2) is 55.2. The summed E-state index contributed by atoms with van der Waals surface area (Å²) in [5.74, 6) is -1.45. The van der Waals surface area contributed by atoms with E-state index >= 15 is 0 Å². The quantitative estimate of drug-likeness (QED) is 0.0197. The highest BCUT2D eigenvalue weighted by Crippen LogP contribution is 2.43. The van der Waals surface area contributed by atoms with Gasteiger partial charge in [0.15, 0.2) is 6.10 Å². The first-order valence-corrected chi connectivity index (χ1v) is 31.7. The van der Waals surface area contributed by atoms with Gasteiger partial charge >= 0.3 is 25.7 Å². The van der Waals surface area contributed by atoms with Gasteiger partial charge in [0.25, 0.3) is 0 Å². The first-order chi connectivity index (χ1) is 35.2. The van der Waals surface area contributed by atoms with Crippen molar-refractivity contribution in [2.45, 2.75) is 315 Å². The molecule has 3 unspecified atom stereocenters. The third kappa shape index (κ3) is 52.8. The fraction of sp³-hybridized carbons (Fsp3) is 0.883. The van der Waals surface area contributed by atoms with Gasteiger partial charge in [-0.2, -0.15) is 0 Å². The molecule has 12 heteroatoms. The molecule has 0 aliphatic rings. The molecule has 0 bridgehead atoms. The third-order valence-corrected chi connectivity index (χ3v) is 14.3. The lowest BCUT2D eigenvalue weighted by atomic mass is 10.0. The number of phosphoric ester groups is 1. The molecule has 0 radical (unpaired) electrons. The Balaban J connectivity index is 4.67. The lowest BCUT2D eigenvalue weighted by molar-refractivity contribution is -0.161. The molecule has 0 heterocycles. The SMILES string of the molecule is CCCCCC/C=C\CCCCCCCC(=O)OC(CO)COP(=O)(O)OCC(COC(=O)CCCCCCCCCCCCCCC)OC(=O)CCCCCCCCCCC/C=C\CCCCCCCC. The number of hydrogen-bond acceptors (Lipinski definition) is 10. The number of unbranched alkanes of at least 4 members (excludes halogenated alkanes) is 36. The predicted molar refractivity (Wildman–Crippen MR) is 298 cm³/mol. The van der Waals surface area contributed by atoms with Gasteiger partial charge in [-0.15, -0.1) is 0 Å². The number of carbonyl (C=O) groups is 3. The van der Waals surface area contributed by atoms with Gasteiger partial charge in [0.1, 0.15) is 12.7 Å². The van der Waals surface area contributed by atoms with E-state index in [4.69, 9.17) is 23.3 Å². The molecule has 0 aromatic heterocycles. The van der Waals surface area contributed by atoms with E-state index < -0.39 is 57.8 Å². The maximum Gasteiger partial charge on any atom is 0.472 e. The summed E-state index contributed by atoms with van der Waals surface area (Å²) in [6.45, 7) is 4.66. The minimum absolute atomic E-state index is 0.170. The molecular formula is C60H113O11P. The molecule has 0 amide bonds. The maximum absolute atomic E-state index is 12.9. The number of hydrogen-bond donors (Lipinski definition) is 2. The number of aliphatic hydroxyl groups excluding tert-OH is 1. The van der Waals surface area contributed by atoms with Crippen LogP contribution < -0.4 is 0 Å². The Bertz CT molecular complexity index is 1310. The Morgan fingerprint density at radius 3 is 0.972 bits per heavy atom. The summed E-state index contributed by atoms with van der Waals surface area (Å²) in [5, 5.41) is 9.81. The van der Waals surface area contributed by atoms with Gasteiger partial charge in [-0.25, -0.2) is 4.57 Å². The fourth-order valence-electron chi connectivity index (χ4n) is 8.70. The van der Waals surface area contributed by atoms with E-state index in [9.17, 15) is 28.9 Å². The zero-order chi connectivity index (χ0) is 52.7. The summed E-state index contributed by atoms with van der Waals surface area (Å²) < 4.78 is 39.6. The van der Waals surface area contributed by atoms with Gasteiger partial charge in [0, 0.05) is 19.3 Å². The highest BCUT2D eigenvalue weighted by Gasteiger charge is 2.28. The smallest absolute Gasteiger partial charge is 0.462 e. The molecule has 0 aromatic carbocycles. The van der Waals surface area contributed by atoms with Crippen LogP contribution in [0.3, 0.4) is 0 Å². The van der Waals surface area contributed by atoms with Crippen molar-refractivity contribution in [1.29, 1.82) is 0 Å². The standard InChI is InChI=1S/C60H113O11P/c1-4-7-10-13-16-19-22-25-26-27-28-29-30-33-36-39-42-45-48-51-60(64)71-57(53-67-58(62)49-46-43-40-37-34-31-23-20-17-14-11-8-5-2)55-69-72(65,66)68-54-56(52-61)70-59(63)50-47-44-41-38-35-32-24-21-18-15-12-9-6-3/h21,24-26,56-57,61H,4-20,22-23,27-55H2,1-3H3,(H,65,66)/b24-21-,26-25-. The van der Waals surface area contributed by atoms with Crippen LogP contribution in [-0.4, -0.2) is 66.5 Å². The van der Waals surface area contributed by atoms with Crippen LogP contribution in [0.25, 0.3) is 0 Å². The minimum atomic E-state index is -4.74. The van der Waals surface area contributed by atoms with Crippen LogP contribution >= 0.6 is 7.82 Å². The topological polar surface area (TPSA) is 155 Å². The molecule has 3 atom stereocenters. The molecule has 0 saturated heterocycles. The van der Waals surface area contributed by atoms with Crippen LogP contribution in [0.5, 0.6) is 0 Å². The van der Waals surface area contributed by atoms with Crippen LogP contribution in [0, 0.1) is 0 Å². The molecular weight excluding hydrogens is 928 g/mol. The van der Waals surface area contributed by atoms with Gasteiger partial charge in [0.2, 0.25) is 0 Å². The van der Waals surface area contributed by atoms with E-state index in [-0.39, 0.29) is 25.9 Å². The highest BCUT2D eigenvalue weighted by molar-refractivity contribution is 7.47. The van der Waals surface area contributed by atoms with E-state index in [2.05, 4.69) is 45.1 Å². The van der Waals surface area contributed by atoms with E-state index in [1.54, 1.807) is 0 Å². The van der Waals surface area contributed by atoms with Gasteiger partial charge in [-0.05, 0) is 70.6 Å². The molecule has 0 rings (SSSR count).